The van der Waals surface area contributed by atoms with Gasteiger partial charge in [-0.1, -0.05) is 32.4 Å². The van der Waals surface area contributed by atoms with E-state index in [1.165, 1.54) is 0 Å². The van der Waals surface area contributed by atoms with E-state index in [1.807, 2.05) is 22.7 Å². The predicted molar refractivity (Wildman–Crippen MR) is 81.2 cm³/mol. The molecule has 1 fully saturated rings. The summed E-state index contributed by atoms with van der Waals surface area (Å²) in [5.74, 6) is 2.09. The maximum absolute atomic E-state index is 12.5. The number of aromatic nitrogens is 1. The second-order valence-electron chi connectivity index (χ2n) is 5.72. The van der Waals surface area contributed by atoms with Crippen molar-refractivity contribution in [3.05, 3.63) is 28.5 Å². The summed E-state index contributed by atoms with van der Waals surface area (Å²) in [6.45, 7) is 7.83. The molecule has 0 saturated carbocycles. The van der Waals surface area contributed by atoms with Crippen LogP contribution >= 0.6 is 23.4 Å². The van der Waals surface area contributed by atoms with Crippen LogP contribution in [0, 0.1) is 0 Å². The molecule has 1 saturated heterocycles. The summed E-state index contributed by atoms with van der Waals surface area (Å²) in [6.07, 6.45) is 0. The zero-order valence-electron chi connectivity index (χ0n) is 11.6. The first-order chi connectivity index (χ1) is 8.88. The smallest absolute Gasteiger partial charge is 0.254 e. The zero-order chi connectivity index (χ0) is 14.0. The number of carbonyl (C=O) groups is 1. The van der Waals surface area contributed by atoms with Crippen LogP contribution in [0.4, 0.5) is 0 Å². The molecule has 0 N–H and O–H groups in total. The van der Waals surface area contributed by atoms with Crippen LogP contribution in [0.2, 0.25) is 5.15 Å². The van der Waals surface area contributed by atoms with Crippen molar-refractivity contribution in [2.75, 3.05) is 24.6 Å². The van der Waals surface area contributed by atoms with Crippen LogP contribution in [0.5, 0.6) is 0 Å². The van der Waals surface area contributed by atoms with Gasteiger partial charge in [-0.15, -0.1) is 0 Å². The molecule has 0 aromatic carbocycles. The van der Waals surface area contributed by atoms with Crippen LogP contribution in [0.25, 0.3) is 0 Å². The summed E-state index contributed by atoms with van der Waals surface area (Å²) in [4.78, 5) is 18.7. The first-order valence-electron chi connectivity index (χ1n) is 6.43. The van der Waals surface area contributed by atoms with Crippen molar-refractivity contribution in [1.29, 1.82) is 0 Å². The van der Waals surface area contributed by atoms with Crippen molar-refractivity contribution < 1.29 is 4.79 Å². The van der Waals surface area contributed by atoms with E-state index in [1.54, 1.807) is 6.07 Å². The number of thioether (sulfide) groups is 1. The number of hydrogen-bond donors (Lipinski definition) is 0. The fourth-order valence-electron chi connectivity index (χ4n) is 1.95. The normalized spacial score (nSPS) is 16.5. The minimum absolute atomic E-state index is 0.0649. The molecule has 1 aromatic heterocycles. The Bertz CT molecular complexity index is 479. The van der Waals surface area contributed by atoms with Crippen molar-refractivity contribution >= 4 is 29.3 Å². The quantitative estimate of drug-likeness (QED) is 0.746. The van der Waals surface area contributed by atoms with Crippen LogP contribution in [0.1, 0.15) is 36.8 Å². The number of halogens is 1. The number of carbonyl (C=O) groups excluding carboxylic acids is 1. The fourth-order valence-corrected chi connectivity index (χ4v) is 3.07. The Morgan fingerprint density at radius 1 is 1.32 bits per heavy atom. The highest BCUT2D eigenvalue weighted by atomic mass is 35.5. The first kappa shape index (κ1) is 14.7. The molecule has 19 heavy (non-hydrogen) atoms. The van der Waals surface area contributed by atoms with E-state index >= 15 is 0 Å². The van der Waals surface area contributed by atoms with Gasteiger partial charge in [-0.05, 0) is 12.1 Å². The third-order valence-corrected chi connectivity index (χ3v) is 4.24. The SMILES string of the molecule is CC(C)(C)c1cc(C(=O)N2CCSCC2)cc(Cl)n1. The highest BCUT2D eigenvalue weighted by Crippen LogP contribution is 2.24. The van der Waals surface area contributed by atoms with Gasteiger partial charge >= 0.3 is 0 Å². The lowest BCUT2D eigenvalue weighted by Crippen LogP contribution is -2.38. The van der Waals surface area contributed by atoms with Gasteiger partial charge in [0.2, 0.25) is 0 Å². The van der Waals surface area contributed by atoms with Crippen LogP contribution in [-0.2, 0) is 5.41 Å². The molecule has 0 spiro atoms. The summed E-state index contributed by atoms with van der Waals surface area (Å²) in [7, 11) is 0. The Balaban J connectivity index is 2.28. The molecule has 104 valence electrons. The third kappa shape index (κ3) is 3.63. The van der Waals surface area contributed by atoms with Crippen molar-refractivity contribution in [1.82, 2.24) is 9.88 Å². The van der Waals surface area contributed by atoms with E-state index in [-0.39, 0.29) is 11.3 Å². The van der Waals surface area contributed by atoms with E-state index in [2.05, 4.69) is 25.8 Å². The number of amides is 1. The van der Waals surface area contributed by atoms with Gasteiger partial charge < -0.3 is 4.90 Å². The fraction of sp³-hybridized carbons (Fsp3) is 0.571. The van der Waals surface area contributed by atoms with Gasteiger partial charge in [0.25, 0.3) is 5.91 Å². The molecule has 2 heterocycles. The maximum Gasteiger partial charge on any atom is 0.254 e. The second-order valence-corrected chi connectivity index (χ2v) is 7.33. The van der Waals surface area contributed by atoms with Crippen LogP contribution in [0.3, 0.4) is 0 Å². The third-order valence-electron chi connectivity index (χ3n) is 3.11. The van der Waals surface area contributed by atoms with Gasteiger partial charge in [-0.3, -0.25) is 4.79 Å². The Morgan fingerprint density at radius 3 is 2.53 bits per heavy atom. The molecule has 0 radical (unpaired) electrons. The van der Waals surface area contributed by atoms with E-state index in [0.717, 1.165) is 30.3 Å². The standard InChI is InChI=1S/C14H19ClN2OS/c1-14(2,3)11-8-10(9-12(15)16-11)13(18)17-4-6-19-7-5-17/h8-9H,4-7H2,1-3H3. The van der Waals surface area contributed by atoms with E-state index < -0.39 is 0 Å². The number of pyridine rings is 1. The van der Waals surface area contributed by atoms with Crippen LogP contribution < -0.4 is 0 Å². The van der Waals surface area contributed by atoms with E-state index in [9.17, 15) is 4.79 Å². The van der Waals surface area contributed by atoms with E-state index in [0.29, 0.717) is 10.7 Å². The molecule has 1 amide bonds. The first-order valence-corrected chi connectivity index (χ1v) is 7.96. The number of rotatable bonds is 1. The lowest BCUT2D eigenvalue weighted by Gasteiger charge is -2.27. The molecular formula is C14H19ClN2OS. The van der Waals surface area contributed by atoms with Crippen molar-refractivity contribution in [3.8, 4) is 0 Å². The maximum atomic E-state index is 12.5. The molecule has 0 aliphatic carbocycles. The Labute approximate surface area is 123 Å². The van der Waals surface area contributed by atoms with E-state index in [4.69, 9.17) is 11.6 Å². The molecule has 0 bridgehead atoms. The van der Waals surface area contributed by atoms with Gasteiger partial charge in [0.05, 0.1) is 0 Å². The molecule has 1 aliphatic rings. The monoisotopic (exact) mass is 298 g/mol. The van der Waals surface area contributed by atoms with Crippen molar-refractivity contribution in [2.45, 2.75) is 26.2 Å². The lowest BCUT2D eigenvalue weighted by atomic mass is 9.91. The van der Waals surface area contributed by atoms with Gasteiger partial charge in [-0.25, -0.2) is 4.98 Å². The molecule has 5 heteroatoms. The van der Waals surface area contributed by atoms with Gasteiger partial charge in [0, 0.05) is 41.3 Å². The van der Waals surface area contributed by atoms with Gasteiger partial charge in [-0.2, -0.15) is 11.8 Å². The Morgan fingerprint density at radius 2 is 1.95 bits per heavy atom. The van der Waals surface area contributed by atoms with Crippen molar-refractivity contribution in [2.24, 2.45) is 0 Å². The minimum Gasteiger partial charge on any atom is -0.337 e. The Kier molecular flexibility index (Phi) is 4.41. The highest BCUT2D eigenvalue weighted by molar-refractivity contribution is 7.99. The van der Waals surface area contributed by atoms with Crippen LogP contribution in [-0.4, -0.2) is 40.4 Å². The summed E-state index contributed by atoms with van der Waals surface area (Å²) >= 11 is 7.94. The lowest BCUT2D eigenvalue weighted by molar-refractivity contribution is 0.0772. The average molecular weight is 299 g/mol. The molecule has 2 rings (SSSR count). The van der Waals surface area contributed by atoms with Gasteiger partial charge in [0.15, 0.2) is 0 Å². The average Bonchev–Trinajstić information content (AvgIpc) is 2.37. The zero-order valence-corrected chi connectivity index (χ0v) is 13.1. The topological polar surface area (TPSA) is 33.2 Å². The molecule has 0 unspecified atom stereocenters. The molecule has 1 aliphatic heterocycles. The Hall–Kier alpha value is -0.740. The van der Waals surface area contributed by atoms with Gasteiger partial charge in [0.1, 0.15) is 5.15 Å². The molecule has 0 atom stereocenters. The number of hydrogen-bond acceptors (Lipinski definition) is 3. The largest absolute Gasteiger partial charge is 0.337 e. The number of nitrogens with zero attached hydrogens (tertiary/aromatic N) is 2. The second kappa shape index (κ2) is 5.71. The minimum atomic E-state index is -0.113. The summed E-state index contributed by atoms with van der Waals surface area (Å²) in [5.41, 5.74) is 1.39. The summed E-state index contributed by atoms with van der Waals surface area (Å²) in [5, 5.41) is 0.391. The van der Waals surface area contributed by atoms with Crippen LogP contribution in [0.15, 0.2) is 12.1 Å². The molecule has 3 nitrogen and oxygen atoms in total. The summed E-state index contributed by atoms with van der Waals surface area (Å²) in [6, 6.07) is 3.54. The highest BCUT2D eigenvalue weighted by Gasteiger charge is 2.22. The summed E-state index contributed by atoms with van der Waals surface area (Å²) < 4.78 is 0. The molecular weight excluding hydrogens is 280 g/mol. The van der Waals surface area contributed by atoms with Crippen molar-refractivity contribution in [3.63, 3.8) is 0 Å². The molecule has 1 aromatic rings. The predicted octanol–water partition coefficient (Wildman–Crippen LogP) is 3.22.